The highest BCUT2D eigenvalue weighted by Gasteiger charge is 2.26. The van der Waals surface area contributed by atoms with Crippen LogP contribution in [0.3, 0.4) is 0 Å². The minimum atomic E-state index is -3.50. The van der Waals surface area contributed by atoms with Crippen LogP contribution in [0.25, 0.3) is 11.0 Å². The molecule has 1 saturated heterocycles. The van der Waals surface area contributed by atoms with Gasteiger partial charge in [0.05, 0.1) is 15.9 Å². The first-order chi connectivity index (χ1) is 14.9. The molecular formula is C22H26N4O3S2. The van der Waals surface area contributed by atoms with E-state index in [2.05, 4.69) is 4.57 Å². The lowest BCUT2D eigenvalue weighted by Gasteiger charge is -2.25. The van der Waals surface area contributed by atoms with E-state index in [1.54, 1.807) is 40.3 Å². The van der Waals surface area contributed by atoms with Crippen LogP contribution in [0, 0.1) is 0 Å². The van der Waals surface area contributed by atoms with Gasteiger partial charge < -0.3 is 10.3 Å². The van der Waals surface area contributed by atoms with Crippen molar-refractivity contribution < 1.29 is 13.2 Å². The Labute approximate surface area is 186 Å². The zero-order valence-electron chi connectivity index (χ0n) is 17.5. The van der Waals surface area contributed by atoms with Crippen molar-refractivity contribution in [3.63, 3.8) is 0 Å². The Morgan fingerprint density at radius 2 is 1.90 bits per heavy atom. The van der Waals surface area contributed by atoms with Gasteiger partial charge in [-0.2, -0.15) is 4.31 Å². The first kappa shape index (κ1) is 21.9. The maximum Gasteiger partial charge on any atom is 0.248 e. The highest BCUT2D eigenvalue weighted by molar-refractivity contribution is 7.98. The van der Waals surface area contributed by atoms with E-state index in [-0.39, 0.29) is 0 Å². The summed E-state index contributed by atoms with van der Waals surface area (Å²) in [5.41, 5.74) is 8.42. The molecule has 1 fully saturated rings. The average Bonchev–Trinajstić information content (AvgIpc) is 3.15. The van der Waals surface area contributed by atoms with Crippen LogP contribution in [0.4, 0.5) is 0 Å². The molecule has 0 saturated carbocycles. The number of aryl methyl sites for hydroxylation is 1. The lowest BCUT2D eigenvalue weighted by Crippen LogP contribution is -2.35. The molecule has 1 aromatic heterocycles. The Hall–Kier alpha value is -2.36. The van der Waals surface area contributed by atoms with Crippen molar-refractivity contribution in [2.24, 2.45) is 5.73 Å². The van der Waals surface area contributed by atoms with E-state index in [0.29, 0.717) is 34.8 Å². The molecule has 9 heteroatoms. The van der Waals surface area contributed by atoms with Gasteiger partial charge in [-0.15, -0.1) is 0 Å². The maximum absolute atomic E-state index is 13.0. The van der Waals surface area contributed by atoms with Gasteiger partial charge in [0.1, 0.15) is 0 Å². The number of fused-ring (bicyclic) bond motifs is 1. The number of hydrogen-bond donors (Lipinski definition) is 1. The minimum absolute atomic E-state index is 0.299. The number of benzene rings is 2. The number of piperidine rings is 1. The highest BCUT2D eigenvalue weighted by Crippen LogP contribution is 2.29. The zero-order chi connectivity index (χ0) is 22.0. The van der Waals surface area contributed by atoms with Crippen molar-refractivity contribution in [2.45, 2.75) is 48.5 Å². The molecule has 2 N–H and O–H groups in total. The number of thioether (sulfide) groups is 1. The number of imidazole rings is 1. The van der Waals surface area contributed by atoms with Crippen LogP contribution in [0.5, 0.6) is 0 Å². The lowest BCUT2D eigenvalue weighted by atomic mass is 10.1. The summed E-state index contributed by atoms with van der Waals surface area (Å²) in [6, 6.07) is 12.5. The van der Waals surface area contributed by atoms with Crippen LogP contribution in [0.15, 0.2) is 52.5 Å². The molecule has 0 atom stereocenters. The largest absolute Gasteiger partial charge is 0.366 e. The van der Waals surface area contributed by atoms with Gasteiger partial charge in [-0.3, -0.25) is 4.79 Å². The smallest absolute Gasteiger partial charge is 0.248 e. The normalized spacial score (nSPS) is 15.4. The number of hydrogen-bond acceptors (Lipinski definition) is 5. The van der Waals surface area contributed by atoms with E-state index in [4.69, 9.17) is 10.7 Å². The standard InChI is InChI=1S/C22H26N4O3S2/c1-2-26-20-10-9-18(31(28,29)25-11-4-3-5-12-25)14-19(20)24-22(26)30-15-16-7-6-8-17(13-16)21(23)27/h6-10,13-14H,2-5,11-12,15H2,1H3,(H2,23,27). The number of nitrogens with two attached hydrogens (primary N) is 1. The molecule has 0 bridgehead atoms. The van der Waals surface area contributed by atoms with Crippen LogP contribution in [0.1, 0.15) is 42.1 Å². The summed E-state index contributed by atoms with van der Waals surface area (Å²) in [7, 11) is -3.50. The molecule has 1 amide bonds. The Morgan fingerprint density at radius 1 is 1.13 bits per heavy atom. The van der Waals surface area contributed by atoms with Gasteiger partial charge in [-0.05, 0) is 55.7 Å². The summed E-state index contributed by atoms with van der Waals surface area (Å²) >= 11 is 1.55. The molecule has 164 valence electrons. The fourth-order valence-corrected chi connectivity index (χ4v) is 6.44. The number of carbonyl (C=O) groups excluding carboxylic acids is 1. The minimum Gasteiger partial charge on any atom is -0.366 e. The molecule has 0 unspecified atom stereocenters. The molecule has 2 heterocycles. The Balaban J connectivity index is 1.61. The fourth-order valence-electron chi connectivity index (χ4n) is 3.88. The highest BCUT2D eigenvalue weighted by atomic mass is 32.2. The molecular weight excluding hydrogens is 432 g/mol. The fraction of sp³-hybridized carbons (Fsp3) is 0.364. The third kappa shape index (κ3) is 4.49. The van der Waals surface area contributed by atoms with E-state index in [1.165, 1.54) is 0 Å². The molecule has 1 aliphatic rings. The van der Waals surface area contributed by atoms with Gasteiger partial charge in [0, 0.05) is 31.0 Å². The monoisotopic (exact) mass is 458 g/mol. The Morgan fingerprint density at radius 3 is 2.61 bits per heavy atom. The second kappa shape index (κ2) is 9.02. The van der Waals surface area contributed by atoms with Crippen molar-refractivity contribution in [3.8, 4) is 0 Å². The first-order valence-corrected chi connectivity index (χ1v) is 12.8. The SMILES string of the molecule is CCn1c(SCc2cccc(C(N)=O)c2)nc2cc(S(=O)(=O)N3CCCCC3)ccc21. The lowest BCUT2D eigenvalue weighted by molar-refractivity contribution is 0.1000. The number of rotatable bonds is 7. The summed E-state index contributed by atoms with van der Waals surface area (Å²) < 4.78 is 29.7. The van der Waals surface area contributed by atoms with Crippen LogP contribution >= 0.6 is 11.8 Å². The predicted octanol–water partition coefficient (Wildman–Crippen LogP) is 3.62. The second-order valence-corrected chi connectivity index (χ2v) is 10.5. The summed E-state index contributed by atoms with van der Waals surface area (Å²) in [6.07, 6.45) is 2.89. The Kier molecular flexibility index (Phi) is 6.36. The maximum atomic E-state index is 13.0. The number of carbonyl (C=O) groups is 1. The number of aromatic nitrogens is 2. The summed E-state index contributed by atoms with van der Waals surface area (Å²) in [5.74, 6) is 0.179. The number of nitrogens with zero attached hydrogens (tertiary/aromatic N) is 3. The number of primary amides is 1. The first-order valence-electron chi connectivity index (χ1n) is 10.4. The van der Waals surface area contributed by atoms with Crippen LogP contribution in [0.2, 0.25) is 0 Å². The quantitative estimate of drug-likeness (QED) is 0.545. The predicted molar refractivity (Wildman–Crippen MR) is 123 cm³/mol. The average molecular weight is 459 g/mol. The summed E-state index contributed by atoms with van der Waals surface area (Å²) in [5, 5.41) is 0.814. The van der Waals surface area contributed by atoms with Crippen LogP contribution < -0.4 is 5.73 Å². The zero-order valence-corrected chi connectivity index (χ0v) is 19.1. The van der Waals surface area contributed by atoms with Crippen LogP contribution in [-0.4, -0.2) is 41.3 Å². The van der Waals surface area contributed by atoms with Gasteiger partial charge in [0.25, 0.3) is 0 Å². The van der Waals surface area contributed by atoms with Gasteiger partial charge in [0.15, 0.2) is 5.16 Å². The van der Waals surface area contributed by atoms with Gasteiger partial charge in [0.2, 0.25) is 15.9 Å². The molecule has 31 heavy (non-hydrogen) atoms. The molecule has 3 aromatic rings. The summed E-state index contributed by atoms with van der Waals surface area (Å²) in [4.78, 5) is 16.4. The molecule has 7 nitrogen and oxygen atoms in total. The van der Waals surface area contributed by atoms with E-state index in [9.17, 15) is 13.2 Å². The van der Waals surface area contributed by atoms with Crippen molar-refractivity contribution >= 4 is 38.7 Å². The van der Waals surface area contributed by atoms with Crippen molar-refractivity contribution in [3.05, 3.63) is 53.6 Å². The van der Waals surface area contributed by atoms with Crippen LogP contribution in [-0.2, 0) is 22.3 Å². The van der Waals surface area contributed by atoms with Crippen molar-refractivity contribution in [2.75, 3.05) is 13.1 Å². The second-order valence-electron chi connectivity index (χ2n) is 7.61. The molecule has 1 aliphatic heterocycles. The number of amides is 1. The molecule has 4 rings (SSSR count). The van der Waals surface area contributed by atoms with Gasteiger partial charge in [-0.1, -0.05) is 30.3 Å². The van der Waals surface area contributed by atoms with E-state index < -0.39 is 15.9 Å². The third-order valence-electron chi connectivity index (χ3n) is 5.53. The number of sulfonamides is 1. The van der Waals surface area contributed by atoms with Crippen molar-refractivity contribution in [1.29, 1.82) is 0 Å². The van der Waals surface area contributed by atoms with E-state index in [1.807, 2.05) is 25.1 Å². The Bertz CT molecular complexity index is 1210. The molecule has 0 spiro atoms. The van der Waals surface area contributed by atoms with E-state index >= 15 is 0 Å². The molecule has 0 radical (unpaired) electrons. The summed E-state index contributed by atoms with van der Waals surface area (Å²) in [6.45, 7) is 3.92. The van der Waals surface area contributed by atoms with Gasteiger partial charge >= 0.3 is 0 Å². The molecule has 0 aliphatic carbocycles. The van der Waals surface area contributed by atoms with E-state index in [0.717, 1.165) is 42.0 Å². The molecule has 2 aromatic carbocycles. The van der Waals surface area contributed by atoms with Gasteiger partial charge in [-0.25, -0.2) is 13.4 Å². The topological polar surface area (TPSA) is 98.3 Å². The van der Waals surface area contributed by atoms with Crippen molar-refractivity contribution in [1.82, 2.24) is 13.9 Å². The third-order valence-corrected chi connectivity index (χ3v) is 8.48.